The number of hydrogen-bond acceptors (Lipinski definition) is 2. The Labute approximate surface area is 122 Å². The summed E-state index contributed by atoms with van der Waals surface area (Å²) in [5.41, 5.74) is 2.39. The van der Waals surface area contributed by atoms with Crippen molar-refractivity contribution in [3.05, 3.63) is 65.5 Å². The molecule has 0 fully saturated rings. The van der Waals surface area contributed by atoms with Gasteiger partial charge in [0.05, 0.1) is 5.69 Å². The third kappa shape index (κ3) is 3.05. The van der Waals surface area contributed by atoms with Crippen molar-refractivity contribution in [2.45, 2.75) is 25.4 Å². The molecule has 0 aliphatic heterocycles. The minimum absolute atomic E-state index is 0.131. The van der Waals surface area contributed by atoms with E-state index in [1.807, 2.05) is 18.2 Å². The second kappa shape index (κ2) is 5.95. The van der Waals surface area contributed by atoms with E-state index in [2.05, 4.69) is 11.4 Å². The molecule has 1 amide bonds. The van der Waals surface area contributed by atoms with Crippen molar-refractivity contribution in [1.29, 1.82) is 0 Å². The molecule has 108 valence electrons. The fourth-order valence-corrected chi connectivity index (χ4v) is 2.66. The van der Waals surface area contributed by atoms with Crippen LogP contribution in [0.25, 0.3) is 0 Å². The molecule has 0 saturated heterocycles. The van der Waals surface area contributed by atoms with E-state index < -0.39 is 11.9 Å². The number of hydrogen-bond donors (Lipinski definition) is 1. The van der Waals surface area contributed by atoms with Crippen molar-refractivity contribution in [1.82, 2.24) is 0 Å². The number of ether oxygens (including phenoxy) is 1. The molecular formula is C17H16FNO2. The number of anilines is 1. The van der Waals surface area contributed by atoms with Crippen LogP contribution in [0, 0.1) is 5.82 Å². The predicted octanol–water partition coefficient (Wildman–Crippen LogP) is 4.45. The molecule has 1 atom stereocenters. The number of rotatable bonds is 2. The van der Waals surface area contributed by atoms with Crippen LogP contribution in [-0.4, -0.2) is 6.09 Å². The highest BCUT2D eigenvalue weighted by Gasteiger charge is 2.23. The van der Waals surface area contributed by atoms with Crippen molar-refractivity contribution >= 4 is 11.8 Å². The average molecular weight is 285 g/mol. The summed E-state index contributed by atoms with van der Waals surface area (Å²) in [6.07, 6.45) is 1.89. The summed E-state index contributed by atoms with van der Waals surface area (Å²) in [6.45, 7) is 0. The number of nitrogens with one attached hydrogen (secondary N) is 1. The monoisotopic (exact) mass is 285 g/mol. The number of halogens is 1. The minimum Gasteiger partial charge on any atom is -0.441 e. The van der Waals surface area contributed by atoms with Crippen molar-refractivity contribution in [3.63, 3.8) is 0 Å². The largest absolute Gasteiger partial charge is 0.441 e. The Balaban J connectivity index is 1.70. The SMILES string of the molecule is O=C(Nc1ccccc1F)OC1CCCc2ccccc21. The van der Waals surface area contributed by atoms with Crippen LogP contribution in [0.2, 0.25) is 0 Å². The Kier molecular flexibility index (Phi) is 3.86. The Morgan fingerprint density at radius 1 is 1.14 bits per heavy atom. The second-order valence-corrected chi connectivity index (χ2v) is 5.09. The summed E-state index contributed by atoms with van der Waals surface area (Å²) < 4.78 is 19.0. The van der Waals surface area contributed by atoms with Gasteiger partial charge >= 0.3 is 6.09 Å². The molecule has 1 unspecified atom stereocenters. The highest BCUT2D eigenvalue weighted by molar-refractivity contribution is 5.84. The molecule has 0 saturated carbocycles. The molecule has 0 aromatic heterocycles. The first kappa shape index (κ1) is 13.6. The first-order valence-corrected chi connectivity index (χ1v) is 7.04. The molecule has 0 spiro atoms. The van der Waals surface area contributed by atoms with Crippen LogP contribution in [0.3, 0.4) is 0 Å². The number of carbonyl (C=O) groups is 1. The number of carbonyl (C=O) groups excluding carboxylic acids is 1. The van der Waals surface area contributed by atoms with E-state index in [4.69, 9.17) is 4.74 Å². The van der Waals surface area contributed by atoms with Gasteiger partial charge in [0.2, 0.25) is 0 Å². The molecule has 0 bridgehead atoms. The van der Waals surface area contributed by atoms with Crippen LogP contribution in [-0.2, 0) is 11.2 Å². The zero-order valence-electron chi connectivity index (χ0n) is 11.5. The van der Waals surface area contributed by atoms with Gasteiger partial charge in [-0.1, -0.05) is 36.4 Å². The summed E-state index contributed by atoms with van der Waals surface area (Å²) in [6, 6.07) is 14.0. The highest BCUT2D eigenvalue weighted by Crippen LogP contribution is 2.32. The molecule has 3 nitrogen and oxygen atoms in total. The van der Waals surface area contributed by atoms with E-state index >= 15 is 0 Å². The molecule has 4 heteroatoms. The van der Waals surface area contributed by atoms with Gasteiger partial charge in [0, 0.05) is 0 Å². The first-order valence-electron chi connectivity index (χ1n) is 7.04. The summed E-state index contributed by atoms with van der Waals surface area (Å²) in [5.74, 6) is -0.474. The second-order valence-electron chi connectivity index (χ2n) is 5.09. The Morgan fingerprint density at radius 3 is 2.76 bits per heavy atom. The third-order valence-electron chi connectivity index (χ3n) is 3.67. The summed E-state index contributed by atoms with van der Waals surface area (Å²) in [5, 5.41) is 2.45. The van der Waals surface area contributed by atoms with Gasteiger partial charge in [0.15, 0.2) is 0 Å². The van der Waals surface area contributed by atoms with E-state index in [0.29, 0.717) is 0 Å². The quantitative estimate of drug-likeness (QED) is 0.885. The zero-order valence-corrected chi connectivity index (χ0v) is 11.5. The Morgan fingerprint density at radius 2 is 1.90 bits per heavy atom. The maximum atomic E-state index is 13.5. The molecule has 1 aliphatic rings. The molecule has 2 aromatic rings. The molecule has 1 N–H and O–H groups in total. The van der Waals surface area contributed by atoms with E-state index in [-0.39, 0.29) is 11.8 Å². The van der Waals surface area contributed by atoms with Gasteiger partial charge in [-0.05, 0) is 42.5 Å². The van der Waals surface area contributed by atoms with Crippen molar-refractivity contribution in [2.24, 2.45) is 0 Å². The number of para-hydroxylation sites is 1. The number of aryl methyl sites for hydroxylation is 1. The lowest BCUT2D eigenvalue weighted by molar-refractivity contribution is 0.0998. The molecule has 3 rings (SSSR count). The van der Waals surface area contributed by atoms with Gasteiger partial charge in [-0.15, -0.1) is 0 Å². The van der Waals surface area contributed by atoms with Crippen LogP contribution in [0.5, 0.6) is 0 Å². The van der Waals surface area contributed by atoms with Crippen molar-refractivity contribution in [3.8, 4) is 0 Å². The lowest BCUT2D eigenvalue weighted by Gasteiger charge is -2.25. The summed E-state index contributed by atoms with van der Waals surface area (Å²) in [4.78, 5) is 11.9. The molecule has 0 heterocycles. The Hall–Kier alpha value is -2.36. The molecule has 21 heavy (non-hydrogen) atoms. The van der Waals surface area contributed by atoms with Gasteiger partial charge in [-0.2, -0.15) is 0 Å². The number of fused-ring (bicyclic) bond motifs is 1. The van der Waals surface area contributed by atoms with Crippen molar-refractivity contribution in [2.75, 3.05) is 5.32 Å². The van der Waals surface area contributed by atoms with Gasteiger partial charge in [-0.3, -0.25) is 5.32 Å². The van der Waals surface area contributed by atoms with Crippen molar-refractivity contribution < 1.29 is 13.9 Å². The lowest BCUT2D eigenvalue weighted by Crippen LogP contribution is -2.21. The van der Waals surface area contributed by atoms with Crippen LogP contribution in [0.4, 0.5) is 14.9 Å². The first-order chi connectivity index (χ1) is 10.2. The van der Waals surface area contributed by atoms with E-state index in [1.54, 1.807) is 12.1 Å². The maximum absolute atomic E-state index is 13.5. The van der Waals surface area contributed by atoms with Crippen LogP contribution in [0.1, 0.15) is 30.1 Å². The van der Waals surface area contributed by atoms with Crippen LogP contribution in [0.15, 0.2) is 48.5 Å². The number of benzene rings is 2. The lowest BCUT2D eigenvalue weighted by atomic mass is 9.89. The normalized spacial score (nSPS) is 16.9. The van der Waals surface area contributed by atoms with E-state index in [9.17, 15) is 9.18 Å². The predicted molar refractivity (Wildman–Crippen MR) is 78.6 cm³/mol. The fraction of sp³-hybridized carbons (Fsp3) is 0.235. The minimum atomic E-state index is -0.623. The molecule has 2 aromatic carbocycles. The summed E-state index contributed by atoms with van der Waals surface area (Å²) >= 11 is 0. The smallest absolute Gasteiger partial charge is 0.412 e. The standard InChI is InChI=1S/C17H16FNO2/c18-14-9-3-4-10-15(14)19-17(20)21-16-11-5-7-12-6-1-2-8-13(12)16/h1-4,6,8-10,16H,5,7,11H2,(H,19,20). The summed E-state index contributed by atoms with van der Waals surface area (Å²) in [7, 11) is 0. The van der Waals surface area contributed by atoms with Gasteiger partial charge in [0.25, 0.3) is 0 Å². The van der Waals surface area contributed by atoms with Gasteiger partial charge in [0.1, 0.15) is 11.9 Å². The molecular weight excluding hydrogens is 269 g/mol. The molecule has 0 radical (unpaired) electrons. The topological polar surface area (TPSA) is 38.3 Å². The zero-order chi connectivity index (χ0) is 14.7. The molecule has 1 aliphatic carbocycles. The van der Waals surface area contributed by atoms with Crippen LogP contribution < -0.4 is 5.32 Å². The van der Waals surface area contributed by atoms with E-state index in [0.717, 1.165) is 24.8 Å². The third-order valence-corrected chi connectivity index (χ3v) is 3.67. The van der Waals surface area contributed by atoms with Gasteiger partial charge < -0.3 is 4.74 Å². The van der Waals surface area contributed by atoms with E-state index in [1.165, 1.54) is 17.7 Å². The Bertz CT molecular complexity index is 657. The number of amides is 1. The maximum Gasteiger partial charge on any atom is 0.412 e. The van der Waals surface area contributed by atoms with Gasteiger partial charge in [-0.25, -0.2) is 9.18 Å². The van der Waals surface area contributed by atoms with Crippen LogP contribution >= 0.6 is 0 Å². The fourth-order valence-electron chi connectivity index (χ4n) is 2.66. The highest BCUT2D eigenvalue weighted by atomic mass is 19.1. The average Bonchev–Trinajstić information content (AvgIpc) is 2.50.